The van der Waals surface area contributed by atoms with Crippen LogP contribution in [-0.2, 0) is 20.7 Å². The molecule has 5 nitrogen and oxygen atoms in total. The van der Waals surface area contributed by atoms with Gasteiger partial charge in [0, 0.05) is 5.54 Å². The summed E-state index contributed by atoms with van der Waals surface area (Å²) in [4.78, 5) is 23.1. The van der Waals surface area contributed by atoms with Crippen molar-refractivity contribution in [2.24, 2.45) is 0 Å². The van der Waals surface area contributed by atoms with E-state index in [4.69, 9.17) is 9.84 Å². The van der Waals surface area contributed by atoms with E-state index in [1.165, 1.54) is 5.56 Å². The summed E-state index contributed by atoms with van der Waals surface area (Å²) in [5, 5.41) is 12.0. The highest BCUT2D eigenvalue weighted by molar-refractivity contribution is 5.83. The Bertz CT molecular complexity index is 538. The molecule has 2 aliphatic rings. The first-order valence-electron chi connectivity index (χ1n) is 7.32. The number of carboxylic acid groups (broad SMARTS) is 1. The van der Waals surface area contributed by atoms with Crippen LogP contribution in [0.25, 0.3) is 0 Å². The third-order valence-corrected chi connectivity index (χ3v) is 4.21. The lowest BCUT2D eigenvalue weighted by Gasteiger charge is -2.20. The number of aliphatic carboxylic acids is 1. The minimum absolute atomic E-state index is 0.164. The SMILES string of the molecule is O=C(NC1(Cc2ccccc2)CC1)[C@@H]1CC[C@H](C(=O)O)O1. The number of ether oxygens (including phenoxy) is 1. The Kier molecular flexibility index (Phi) is 3.68. The number of carboxylic acids is 1. The van der Waals surface area contributed by atoms with E-state index in [-0.39, 0.29) is 11.4 Å². The molecule has 2 atom stereocenters. The zero-order valence-electron chi connectivity index (χ0n) is 11.7. The van der Waals surface area contributed by atoms with Crippen LogP contribution >= 0.6 is 0 Å². The van der Waals surface area contributed by atoms with Crippen molar-refractivity contribution in [2.45, 2.75) is 49.9 Å². The maximum absolute atomic E-state index is 12.2. The second-order valence-corrected chi connectivity index (χ2v) is 5.96. The number of carbonyl (C=O) groups is 2. The van der Waals surface area contributed by atoms with Crippen molar-refractivity contribution in [2.75, 3.05) is 0 Å². The topological polar surface area (TPSA) is 75.6 Å². The summed E-state index contributed by atoms with van der Waals surface area (Å²) in [5.41, 5.74) is 1.04. The molecule has 2 fully saturated rings. The van der Waals surface area contributed by atoms with Crippen molar-refractivity contribution >= 4 is 11.9 Å². The van der Waals surface area contributed by atoms with Crippen LogP contribution in [0.3, 0.4) is 0 Å². The highest BCUT2D eigenvalue weighted by Gasteiger charge is 2.46. The van der Waals surface area contributed by atoms with E-state index in [2.05, 4.69) is 17.4 Å². The third kappa shape index (κ3) is 3.24. The first kappa shape index (κ1) is 14.1. The average molecular weight is 289 g/mol. The van der Waals surface area contributed by atoms with Gasteiger partial charge in [-0.15, -0.1) is 0 Å². The molecule has 0 aromatic heterocycles. The third-order valence-electron chi connectivity index (χ3n) is 4.21. The minimum atomic E-state index is -0.990. The smallest absolute Gasteiger partial charge is 0.332 e. The van der Waals surface area contributed by atoms with E-state index in [0.29, 0.717) is 12.8 Å². The second-order valence-electron chi connectivity index (χ2n) is 5.96. The number of benzene rings is 1. The zero-order chi connectivity index (χ0) is 14.9. The van der Waals surface area contributed by atoms with Crippen LogP contribution in [-0.4, -0.2) is 34.7 Å². The molecule has 0 radical (unpaired) electrons. The van der Waals surface area contributed by atoms with Gasteiger partial charge in [-0.05, 0) is 37.7 Å². The highest BCUT2D eigenvalue weighted by Crippen LogP contribution is 2.39. The molecule has 1 heterocycles. The van der Waals surface area contributed by atoms with Gasteiger partial charge in [0.25, 0.3) is 0 Å². The molecule has 0 unspecified atom stereocenters. The van der Waals surface area contributed by atoms with Gasteiger partial charge in [-0.3, -0.25) is 4.79 Å². The molecule has 1 aliphatic carbocycles. The van der Waals surface area contributed by atoms with Gasteiger partial charge < -0.3 is 15.2 Å². The molecule has 0 bridgehead atoms. The lowest BCUT2D eigenvalue weighted by atomic mass is 10.0. The summed E-state index contributed by atoms with van der Waals surface area (Å²) in [6.07, 6.45) is 2.15. The summed E-state index contributed by atoms with van der Waals surface area (Å²) in [5.74, 6) is -1.16. The van der Waals surface area contributed by atoms with Gasteiger partial charge in [0.2, 0.25) is 5.91 Å². The summed E-state index contributed by atoms with van der Waals surface area (Å²) in [6, 6.07) is 10.1. The number of nitrogens with one attached hydrogen (secondary N) is 1. The fraction of sp³-hybridized carbons (Fsp3) is 0.500. The van der Waals surface area contributed by atoms with Gasteiger partial charge in [0.15, 0.2) is 6.10 Å². The van der Waals surface area contributed by atoms with E-state index in [9.17, 15) is 9.59 Å². The van der Waals surface area contributed by atoms with Crippen LogP contribution in [0.15, 0.2) is 30.3 Å². The van der Waals surface area contributed by atoms with Crippen molar-refractivity contribution in [1.29, 1.82) is 0 Å². The maximum Gasteiger partial charge on any atom is 0.332 e. The average Bonchev–Trinajstić information content (AvgIpc) is 3.03. The Hall–Kier alpha value is -1.88. The molecule has 2 N–H and O–H groups in total. The molecule has 1 saturated carbocycles. The minimum Gasteiger partial charge on any atom is -0.479 e. The van der Waals surface area contributed by atoms with Gasteiger partial charge in [-0.1, -0.05) is 30.3 Å². The van der Waals surface area contributed by atoms with Crippen LogP contribution in [0.5, 0.6) is 0 Å². The van der Waals surface area contributed by atoms with E-state index < -0.39 is 18.2 Å². The summed E-state index contributed by atoms with van der Waals surface area (Å²) in [7, 11) is 0. The van der Waals surface area contributed by atoms with Crippen molar-refractivity contribution < 1.29 is 19.4 Å². The van der Waals surface area contributed by atoms with E-state index in [1.807, 2.05) is 18.2 Å². The summed E-state index contributed by atoms with van der Waals surface area (Å²) in [6.45, 7) is 0. The van der Waals surface area contributed by atoms with Crippen molar-refractivity contribution in [1.82, 2.24) is 5.32 Å². The molecule has 112 valence electrons. The maximum atomic E-state index is 12.2. The quantitative estimate of drug-likeness (QED) is 0.861. The lowest BCUT2D eigenvalue weighted by Crippen LogP contribution is -2.44. The van der Waals surface area contributed by atoms with Crippen LogP contribution in [0.4, 0.5) is 0 Å². The van der Waals surface area contributed by atoms with Gasteiger partial charge in [-0.2, -0.15) is 0 Å². The highest BCUT2D eigenvalue weighted by atomic mass is 16.5. The monoisotopic (exact) mass is 289 g/mol. The van der Waals surface area contributed by atoms with E-state index >= 15 is 0 Å². The Morgan fingerprint density at radius 3 is 2.43 bits per heavy atom. The van der Waals surface area contributed by atoms with Crippen LogP contribution < -0.4 is 5.32 Å². The van der Waals surface area contributed by atoms with Crippen molar-refractivity contribution in [3.05, 3.63) is 35.9 Å². The largest absolute Gasteiger partial charge is 0.479 e. The molecule has 21 heavy (non-hydrogen) atoms. The number of amides is 1. The zero-order valence-corrected chi connectivity index (χ0v) is 11.7. The molecule has 5 heteroatoms. The van der Waals surface area contributed by atoms with Crippen molar-refractivity contribution in [3.8, 4) is 0 Å². The first-order chi connectivity index (χ1) is 10.1. The van der Waals surface area contributed by atoms with Gasteiger partial charge in [0.05, 0.1) is 0 Å². The molecular weight excluding hydrogens is 270 g/mol. The van der Waals surface area contributed by atoms with E-state index in [1.54, 1.807) is 0 Å². The molecular formula is C16H19NO4. The number of hydrogen-bond acceptors (Lipinski definition) is 3. The Labute approximate surface area is 123 Å². The first-order valence-corrected chi connectivity index (χ1v) is 7.32. The van der Waals surface area contributed by atoms with Crippen LogP contribution in [0, 0.1) is 0 Å². The predicted octanol–water partition coefficient (Wildman–Crippen LogP) is 1.51. The number of hydrogen-bond donors (Lipinski definition) is 2. The number of carbonyl (C=O) groups excluding carboxylic acids is 1. The molecule has 1 aliphatic heterocycles. The van der Waals surface area contributed by atoms with Crippen LogP contribution in [0.2, 0.25) is 0 Å². The normalized spacial score (nSPS) is 26.3. The van der Waals surface area contributed by atoms with Crippen LogP contribution in [0.1, 0.15) is 31.2 Å². The molecule has 3 rings (SSSR count). The standard InChI is InChI=1S/C16H19NO4/c18-14(12-6-7-13(21-12)15(19)20)17-16(8-9-16)10-11-4-2-1-3-5-11/h1-5,12-13H,6-10H2,(H,17,18)(H,19,20)/t12-,13+/m0/s1. The van der Waals surface area contributed by atoms with Crippen molar-refractivity contribution in [3.63, 3.8) is 0 Å². The number of rotatable bonds is 5. The Balaban J connectivity index is 1.57. The summed E-state index contributed by atoms with van der Waals surface area (Å²) < 4.78 is 5.30. The summed E-state index contributed by atoms with van der Waals surface area (Å²) >= 11 is 0. The molecule has 0 spiro atoms. The molecule has 1 aromatic carbocycles. The van der Waals surface area contributed by atoms with Gasteiger partial charge in [-0.25, -0.2) is 4.79 Å². The predicted molar refractivity (Wildman–Crippen MR) is 75.8 cm³/mol. The molecule has 1 aromatic rings. The fourth-order valence-corrected chi connectivity index (χ4v) is 2.84. The molecule has 1 amide bonds. The fourth-order valence-electron chi connectivity index (χ4n) is 2.84. The second kappa shape index (κ2) is 5.48. The Morgan fingerprint density at radius 2 is 1.86 bits per heavy atom. The lowest BCUT2D eigenvalue weighted by molar-refractivity contribution is -0.152. The van der Waals surface area contributed by atoms with Gasteiger partial charge in [0.1, 0.15) is 6.10 Å². The van der Waals surface area contributed by atoms with E-state index in [0.717, 1.165) is 19.3 Å². The van der Waals surface area contributed by atoms with Gasteiger partial charge >= 0.3 is 5.97 Å². The molecule has 1 saturated heterocycles. The Morgan fingerprint density at radius 1 is 1.19 bits per heavy atom.